The van der Waals surface area contributed by atoms with Gasteiger partial charge in [-0.3, -0.25) is 4.99 Å². The maximum absolute atomic E-state index is 4.13. The van der Waals surface area contributed by atoms with Gasteiger partial charge in [0.1, 0.15) is 0 Å². The fourth-order valence-electron chi connectivity index (χ4n) is 0.778. The Kier molecular flexibility index (Phi) is 5.05. The Morgan fingerprint density at radius 3 is 1.92 bits per heavy atom. The summed E-state index contributed by atoms with van der Waals surface area (Å²) in [4.78, 5) is 4.13. The van der Waals surface area contributed by atoms with E-state index >= 15 is 0 Å². The second-order valence-corrected chi connectivity index (χ2v) is 3.41. The highest BCUT2D eigenvalue weighted by Crippen LogP contribution is 2.04. The molecule has 0 aromatic heterocycles. The molecule has 0 atom stereocenters. The quantitative estimate of drug-likeness (QED) is 0.462. The van der Waals surface area contributed by atoms with Crippen LogP contribution >= 0.6 is 0 Å². The summed E-state index contributed by atoms with van der Waals surface area (Å²) >= 11 is 0. The van der Waals surface area contributed by atoms with Crippen LogP contribution in [-0.4, -0.2) is 12.8 Å². The molecular weight excluding hydrogens is 158 g/mol. The minimum atomic E-state index is 0.959. The zero-order valence-corrected chi connectivity index (χ0v) is 9.31. The van der Waals surface area contributed by atoms with Crippen LogP contribution in [0.2, 0.25) is 0 Å². The maximum Gasteiger partial charge on any atom is 0.0594 e. The molecule has 0 rings (SSSR count). The molecule has 0 aromatic carbocycles. The van der Waals surface area contributed by atoms with Crippen LogP contribution in [0.3, 0.4) is 0 Å². The molecule has 0 spiro atoms. The van der Waals surface area contributed by atoms with Gasteiger partial charge in [0.2, 0.25) is 0 Å². The van der Waals surface area contributed by atoms with Crippen LogP contribution in [0.1, 0.15) is 27.7 Å². The second kappa shape index (κ2) is 5.52. The van der Waals surface area contributed by atoms with Crippen molar-refractivity contribution in [3.8, 4) is 0 Å². The topological polar surface area (TPSA) is 12.4 Å². The lowest BCUT2D eigenvalue weighted by Gasteiger charge is -1.98. The standard InChI is InChI=1S/C12H19N/c1-9(2)11(5)7-8-12(13-6)10(3)4/h7-8H,3H2,1-2,4-6H3/b8-7-,13-12?. The van der Waals surface area contributed by atoms with Gasteiger partial charge in [-0.15, -0.1) is 0 Å². The number of rotatable bonds is 3. The maximum atomic E-state index is 4.13. The molecular formula is C12H19N. The summed E-state index contributed by atoms with van der Waals surface area (Å²) in [7, 11) is 1.78. The summed E-state index contributed by atoms with van der Waals surface area (Å²) in [6, 6.07) is 0. The van der Waals surface area contributed by atoms with E-state index in [0.717, 1.165) is 11.3 Å². The molecule has 72 valence electrons. The Morgan fingerprint density at radius 2 is 1.62 bits per heavy atom. The first-order chi connectivity index (χ1) is 5.99. The first-order valence-corrected chi connectivity index (χ1v) is 4.44. The number of allylic oxidation sites excluding steroid dienone is 5. The van der Waals surface area contributed by atoms with Gasteiger partial charge in [0.05, 0.1) is 5.71 Å². The Labute approximate surface area is 81.6 Å². The van der Waals surface area contributed by atoms with Crippen LogP contribution < -0.4 is 0 Å². The van der Waals surface area contributed by atoms with Crippen molar-refractivity contribution >= 4 is 5.71 Å². The molecule has 0 fully saturated rings. The smallest absolute Gasteiger partial charge is 0.0594 e. The molecule has 0 aromatic rings. The molecule has 0 heterocycles. The van der Waals surface area contributed by atoms with E-state index in [1.54, 1.807) is 7.05 Å². The summed E-state index contributed by atoms with van der Waals surface area (Å²) in [5.41, 5.74) is 4.57. The van der Waals surface area contributed by atoms with Gasteiger partial charge in [-0.25, -0.2) is 0 Å². The van der Waals surface area contributed by atoms with E-state index < -0.39 is 0 Å². The minimum Gasteiger partial charge on any atom is -0.288 e. The van der Waals surface area contributed by atoms with Crippen molar-refractivity contribution in [3.63, 3.8) is 0 Å². The molecule has 0 aliphatic carbocycles. The molecule has 0 aliphatic heterocycles. The van der Waals surface area contributed by atoms with E-state index in [4.69, 9.17) is 0 Å². The van der Waals surface area contributed by atoms with E-state index in [-0.39, 0.29) is 0 Å². The van der Waals surface area contributed by atoms with E-state index in [1.165, 1.54) is 11.1 Å². The van der Waals surface area contributed by atoms with E-state index in [2.05, 4.69) is 38.4 Å². The summed E-state index contributed by atoms with van der Waals surface area (Å²) in [6.45, 7) is 12.1. The van der Waals surface area contributed by atoms with E-state index in [1.807, 2.05) is 13.0 Å². The lowest BCUT2D eigenvalue weighted by atomic mass is 10.1. The highest BCUT2D eigenvalue weighted by molar-refractivity contribution is 6.07. The first-order valence-electron chi connectivity index (χ1n) is 4.44. The van der Waals surface area contributed by atoms with Gasteiger partial charge in [0, 0.05) is 7.05 Å². The predicted molar refractivity (Wildman–Crippen MR) is 61.4 cm³/mol. The normalized spacial score (nSPS) is 11.9. The van der Waals surface area contributed by atoms with Crippen LogP contribution in [0, 0.1) is 0 Å². The fourth-order valence-corrected chi connectivity index (χ4v) is 0.778. The number of nitrogens with zero attached hydrogens (tertiary/aromatic N) is 1. The summed E-state index contributed by atoms with van der Waals surface area (Å²) in [5.74, 6) is 0. The Morgan fingerprint density at radius 1 is 1.08 bits per heavy atom. The Bertz CT molecular complexity index is 273. The molecule has 0 unspecified atom stereocenters. The molecule has 0 N–H and O–H groups in total. The third-order valence-corrected chi connectivity index (χ3v) is 1.96. The highest BCUT2D eigenvalue weighted by atomic mass is 14.7. The minimum absolute atomic E-state index is 0.959. The lowest BCUT2D eigenvalue weighted by Crippen LogP contribution is -1.93. The SMILES string of the molecule is C=C(C)C(/C=C\C(C)=C(C)C)=NC. The van der Waals surface area contributed by atoms with Crippen molar-refractivity contribution < 1.29 is 0 Å². The molecule has 13 heavy (non-hydrogen) atoms. The van der Waals surface area contributed by atoms with Gasteiger partial charge in [0.15, 0.2) is 0 Å². The molecule has 0 aliphatic rings. The highest BCUT2D eigenvalue weighted by Gasteiger charge is 1.92. The molecule has 0 bridgehead atoms. The summed E-state index contributed by atoms with van der Waals surface area (Å²) in [5, 5.41) is 0. The van der Waals surface area contributed by atoms with E-state index in [9.17, 15) is 0 Å². The zero-order valence-electron chi connectivity index (χ0n) is 9.31. The third-order valence-electron chi connectivity index (χ3n) is 1.96. The number of hydrogen-bond acceptors (Lipinski definition) is 1. The lowest BCUT2D eigenvalue weighted by molar-refractivity contribution is 1.29. The molecule has 0 amide bonds. The molecule has 0 saturated heterocycles. The third kappa shape index (κ3) is 4.46. The van der Waals surface area contributed by atoms with Gasteiger partial charge >= 0.3 is 0 Å². The van der Waals surface area contributed by atoms with Crippen LogP contribution in [0.15, 0.2) is 40.4 Å². The Balaban J connectivity index is 4.62. The van der Waals surface area contributed by atoms with Gasteiger partial charge < -0.3 is 0 Å². The molecule has 1 heteroatoms. The summed E-state index contributed by atoms with van der Waals surface area (Å²) in [6.07, 6.45) is 4.08. The number of hydrogen-bond donors (Lipinski definition) is 0. The first kappa shape index (κ1) is 11.9. The molecule has 1 nitrogen and oxygen atoms in total. The van der Waals surface area contributed by atoms with Crippen molar-refractivity contribution in [2.45, 2.75) is 27.7 Å². The largest absolute Gasteiger partial charge is 0.288 e. The fraction of sp³-hybridized carbons (Fsp3) is 0.417. The van der Waals surface area contributed by atoms with E-state index in [0.29, 0.717) is 0 Å². The number of aliphatic imine (C=N–C) groups is 1. The molecule has 0 radical (unpaired) electrons. The van der Waals surface area contributed by atoms with Crippen molar-refractivity contribution in [2.75, 3.05) is 7.05 Å². The van der Waals surface area contributed by atoms with Gasteiger partial charge in [-0.05, 0) is 39.3 Å². The van der Waals surface area contributed by atoms with Gasteiger partial charge in [-0.1, -0.05) is 23.8 Å². The van der Waals surface area contributed by atoms with Crippen LogP contribution in [0.4, 0.5) is 0 Å². The average molecular weight is 177 g/mol. The predicted octanol–water partition coefficient (Wildman–Crippen LogP) is 3.55. The average Bonchev–Trinajstić information content (AvgIpc) is 2.04. The van der Waals surface area contributed by atoms with Crippen LogP contribution in [0.25, 0.3) is 0 Å². The van der Waals surface area contributed by atoms with Crippen LogP contribution in [0.5, 0.6) is 0 Å². The van der Waals surface area contributed by atoms with Crippen LogP contribution in [-0.2, 0) is 0 Å². The zero-order chi connectivity index (χ0) is 10.4. The second-order valence-electron chi connectivity index (χ2n) is 3.41. The molecule has 0 saturated carbocycles. The van der Waals surface area contributed by atoms with Gasteiger partial charge in [-0.2, -0.15) is 0 Å². The van der Waals surface area contributed by atoms with Crippen molar-refractivity contribution in [2.24, 2.45) is 4.99 Å². The summed E-state index contributed by atoms with van der Waals surface area (Å²) < 4.78 is 0. The Hall–Kier alpha value is -1.11. The van der Waals surface area contributed by atoms with Crippen molar-refractivity contribution in [3.05, 3.63) is 35.5 Å². The van der Waals surface area contributed by atoms with Crippen molar-refractivity contribution in [1.29, 1.82) is 0 Å². The monoisotopic (exact) mass is 177 g/mol. The van der Waals surface area contributed by atoms with Gasteiger partial charge in [0.25, 0.3) is 0 Å². The van der Waals surface area contributed by atoms with Crippen molar-refractivity contribution in [1.82, 2.24) is 0 Å².